The van der Waals surface area contributed by atoms with Gasteiger partial charge in [0.15, 0.2) is 5.65 Å². The summed E-state index contributed by atoms with van der Waals surface area (Å²) in [6, 6.07) is 20.1. The van der Waals surface area contributed by atoms with Crippen molar-refractivity contribution in [2.45, 2.75) is 6.92 Å². The average molecular weight is 363 g/mol. The van der Waals surface area contributed by atoms with Crippen molar-refractivity contribution in [3.8, 4) is 22.5 Å². The minimum absolute atomic E-state index is 0.524. The van der Waals surface area contributed by atoms with E-state index in [9.17, 15) is 0 Å². The molecule has 0 saturated heterocycles. The quantitative estimate of drug-likeness (QED) is 0.487. The number of aromatic nitrogens is 4. The summed E-state index contributed by atoms with van der Waals surface area (Å²) in [5.41, 5.74) is 11.5. The number of rotatable bonds is 2. The molecule has 134 valence electrons. The molecule has 2 N–H and O–H groups in total. The van der Waals surface area contributed by atoms with Gasteiger partial charge >= 0.3 is 0 Å². The first-order valence-corrected chi connectivity index (χ1v) is 9.04. The summed E-state index contributed by atoms with van der Waals surface area (Å²) in [7, 11) is 0. The van der Waals surface area contributed by atoms with Gasteiger partial charge in [-0.2, -0.15) is 0 Å². The molecule has 1 aromatic carbocycles. The zero-order valence-electron chi connectivity index (χ0n) is 15.3. The number of anilines is 1. The standard InChI is InChI=1S/C23H17N5/c1-14-5-2-9-20(27-14)21-13-19(18-8-4-11-26-23(18)28-21)15-6-3-7-17-16(15)10-12-25-22(17)24/h2-13H,1H3,(H2,24,25). The zero-order valence-corrected chi connectivity index (χ0v) is 15.3. The number of nitrogen functional groups attached to an aromatic ring is 1. The Hall–Kier alpha value is -3.86. The molecule has 0 unspecified atom stereocenters. The maximum absolute atomic E-state index is 6.11. The molecule has 0 radical (unpaired) electrons. The number of aryl methyl sites for hydroxylation is 1. The lowest BCUT2D eigenvalue weighted by Gasteiger charge is -2.12. The highest BCUT2D eigenvalue weighted by atomic mass is 14.9. The van der Waals surface area contributed by atoms with Gasteiger partial charge in [0.2, 0.25) is 0 Å². The number of nitrogens with two attached hydrogens (primary N) is 1. The van der Waals surface area contributed by atoms with E-state index in [0.717, 1.165) is 44.4 Å². The molecule has 5 nitrogen and oxygen atoms in total. The van der Waals surface area contributed by atoms with Crippen LogP contribution in [0.1, 0.15) is 5.69 Å². The second kappa shape index (κ2) is 6.39. The first-order valence-electron chi connectivity index (χ1n) is 9.04. The third kappa shape index (κ3) is 2.65. The van der Waals surface area contributed by atoms with E-state index in [-0.39, 0.29) is 0 Å². The van der Waals surface area contributed by atoms with E-state index in [1.54, 1.807) is 12.4 Å². The summed E-state index contributed by atoms with van der Waals surface area (Å²) in [6.07, 6.45) is 3.50. The maximum atomic E-state index is 6.11. The van der Waals surface area contributed by atoms with Gasteiger partial charge in [-0.05, 0) is 59.8 Å². The molecule has 0 aliphatic carbocycles. The molecular formula is C23H17N5. The van der Waals surface area contributed by atoms with E-state index in [0.29, 0.717) is 11.5 Å². The highest BCUT2D eigenvalue weighted by molar-refractivity contribution is 6.06. The van der Waals surface area contributed by atoms with Crippen molar-refractivity contribution in [1.82, 2.24) is 19.9 Å². The smallest absolute Gasteiger partial charge is 0.160 e. The molecule has 0 bridgehead atoms. The predicted molar refractivity (Wildman–Crippen MR) is 113 cm³/mol. The lowest BCUT2D eigenvalue weighted by Crippen LogP contribution is -1.95. The molecule has 0 aliphatic heterocycles. The van der Waals surface area contributed by atoms with E-state index in [4.69, 9.17) is 10.7 Å². The van der Waals surface area contributed by atoms with E-state index in [2.05, 4.69) is 27.1 Å². The van der Waals surface area contributed by atoms with Gasteiger partial charge in [-0.1, -0.05) is 24.3 Å². The van der Waals surface area contributed by atoms with Crippen molar-refractivity contribution in [3.05, 3.63) is 78.8 Å². The molecule has 0 fully saturated rings. The summed E-state index contributed by atoms with van der Waals surface area (Å²) >= 11 is 0. The number of hydrogen-bond acceptors (Lipinski definition) is 5. The van der Waals surface area contributed by atoms with Crippen LogP contribution in [0, 0.1) is 6.92 Å². The Labute approximate surface area is 161 Å². The van der Waals surface area contributed by atoms with Crippen LogP contribution in [0.5, 0.6) is 0 Å². The SMILES string of the molecule is Cc1cccc(-c2cc(-c3cccc4c(N)nccc34)c3cccnc3n2)n1. The van der Waals surface area contributed by atoms with Crippen molar-refractivity contribution in [3.63, 3.8) is 0 Å². The molecule has 0 spiro atoms. The minimum atomic E-state index is 0.524. The van der Waals surface area contributed by atoms with Gasteiger partial charge in [0.05, 0.1) is 11.4 Å². The lowest BCUT2D eigenvalue weighted by atomic mass is 9.96. The van der Waals surface area contributed by atoms with Crippen LogP contribution in [-0.2, 0) is 0 Å². The second-order valence-electron chi connectivity index (χ2n) is 6.69. The summed E-state index contributed by atoms with van der Waals surface area (Å²) < 4.78 is 0. The molecule has 5 aromatic rings. The zero-order chi connectivity index (χ0) is 19.1. The van der Waals surface area contributed by atoms with Crippen LogP contribution in [0.15, 0.2) is 73.1 Å². The van der Waals surface area contributed by atoms with E-state index in [1.807, 2.05) is 55.5 Å². The van der Waals surface area contributed by atoms with Gasteiger partial charge in [0.25, 0.3) is 0 Å². The van der Waals surface area contributed by atoms with Gasteiger partial charge in [0, 0.05) is 28.9 Å². The van der Waals surface area contributed by atoms with Crippen molar-refractivity contribution < 1.29 is 0 Å². The van der Waals surface area contributed by atoms with Gasteiger partial charge in [0.1, 0.15) is 5.82 Å². The highest BCUT2D eigenvalue weighted by Gasteiger charge is 2.14. The third-order valence-corrected chi connectivity index (χ3v) is 4.86. The van der Waals surface area contributed by atoms with Crippen molar-refractivity contribution in [1.29, 1.82) is 0 Å². The normalized spacial score (nSPS) is 11.2. The van der Waals surface area contributed by atoms with Crippen LogP contribution < -0.4 is 5.73 Å². The number of fused-ring (bicyclic) bond motifs is 2. The molecule has 0 saturated carbocycles. The highest BCUT2D eigenvalue weighted by Crippen LogP contribution is 2.36. The average Bonchev–Trinajstić information content (AvgIpc) is 2.73. The molecular weight excluding hydrogens is 346 g/mol. The summed E-state index contributed by atoms with van der Waals surface area (Å²) in [6.45, 7) is 1.98. The second-order valence-corrected chi connectivity index (χ2v) is 6.69. The minimum Gasteiger partial charge on any atom is -0.383 e. The summed E-state index contributed by atoms with van der Waals surface area (Å²) in [4.78, 5) is 18.1. The fraction of sp³-hybridized carbons (Fsp3) is 0.0435. The largest absolute Gasteiger partial charge is 0.383 e. The van der Waals surface area contributed by atoms with Gasteiger partial charge in [-0.15, -0.1) is 0 Å². The maximum Gasteiger partial charge on any atom is 0.160 e. The number of pyridine rings is 4. The van der Waals surface area contributed by atoms with Crippen LogP contribution in [-0.4, -0.2) is 19.9 Å². The Morgan fingerprint density at radius 2 is 1.54 bits per heavy atom. The van der Waals surface area contributed by atoms with Crippen LogP contribution in [0.2, 0.25) is 0 Å². The molecule has 5 heteroatoms. The van der Waals surface area contributed by atoms with Crippen LogP contribution >= 0.6 is 0 Å². The van der Waals surface area contributed by atoms with E-state index in [1.165, 1.54) is 0 Å². The van der Waals surface area contributed by atoms with Gasteiger partial charge < -0.3 is 5.73 Å². The fourth-order valence-corrected chi connectivity index (χ4v) is 3.56. The first kappa shape index (κ1) is 16.3. The summed E-state index contributed by atoms with van der Waals surface area (Å²) in [5, 5.41) is 2.97. The molecule has 0 atom stereocenters. The van der Waals surface area contributed by atoms with Crippen LogP contribution in [0.4, 0.5) is 5.82 Å². The first-order chi connectivity index (χ1) is 13.7. The third-order valence-electron chi connectivity index (χ3n) is 4.86. The van der Waals surface area contributed by atoms with Gasteiger partial charge in [-0.3, -0.25) is 4.98 Å². The Kier molecular flexibility index (Phi) is 3.72. The van der Waals surface area contributed by atoms with E-state index >= 15 is 0 Å². The molecule has 28 heavy (non-hydrogen) atoms. The number of hydrogen-bond donors (Lipinski definition) is 1. The van der Waals surface area contributed by atoms with Crippen molar-refractivity contribution >= 4 is 27.6 Å². The van der Waals surface area contributed by atoms with Crippen LogP contribution in [0.25, 0.3) is 44.3 Å². The monoisotopic (exact) mass is 363 g/mol. The molecule has 0 amide bonds. The Balaban J connectivity index is 1.86. The number of nitrogens with zero attached hydrogens (tertiary/aromatic N) is 4. The number of benzene rings is 1. The van der Waals surface area contributed by atoms with Gasteiger partial charge in [-0.25, -0.2) is 15.0 Å². The Morgan fingerprint density at radius 1 is 0.679 bits per heavy atom. The Morgan fingerprint density at radius 3 is 2.43 bits per heavy atom. The topological polar surface area (TPSA) is 77.6 Å². The molecule has 0 aliphatic rings. The summed E-state index contributed by atoms with van der Waals surface area (Å²) in [5.74, 6) is 0.524. The van der Waals surface area contributed by atoms with Crippen molar-refractivity contribution in [2.75, 3.05) is 5.73 Å². The van der Waals surface area contributed by atoms with Crippen LogP contribution in [0.3, 0.4) is 0 Å². The molecule has 4 aromatic heterocycles. The van der Waals surface area contributed by atoms with Crippen molar-refractivity contribution in [2.24, 2.45) is 0 Å². The Bertz CT molecular complexity index is 1340. The molecule has 4 heterocycles. The predicted octanol–water partition coefficient (Wildman–Crippen LogP) is 4.80. The van der Waals surface area contributed by atoms with E-state index < -0.39 is 0 Å². The lowest BCUT2D eigenvalue weighted by molar-refractivity contribution is 1.18. The molecule has 5 rings (SSSR count). The fourth-order valence-electron chi connectivity index (χ4n) is 3.56.